The van der Waals surface area contributed by atoms with Crippen molar-refractivity contribution in [3.8, 4) is 10.6 Å². The van der Waals surface area contributed by atoms with Gasteiger partial charge in [-0.1, -0.05) is 17.8 Å². The molecule has 1 amide bonds. The summed E-state index contributed by atoms with van der Waals surface area (Å²) in [4.78, 5) is 17.2. The van der Waals surface area contributed by atoms with Gasteiger partial charge in [0.2, 0.25) is 5.91 Å². The molecule has 0 saturated heterocycles. The average Bonchev–Trinajstić information content (AvgIpc) is 3.52. The van der Waals surface area contributed by atoms with Crippen molar-refractivity contribution in [1.29, 1.82) is 0 Å². The molecule has 3 heterocycles. The third-order valence-corrected chi connectivity index (χ3v) is 7.70. The number of carbonyl (C=O) groups is 1. The molecule has 7 nitrogen and oxygen atoms in total. The Morgan fingerprint density at radius 1 is 1.09 bits per heavy atom. The van der Waals surface area contributed by atoms with Gasteiger partial charge >= 0.3 is 0 Å². The van der Waals surface area contributed by atoms with Crippen LogP contribution in [0.4, 0.5) is 5.69 Å². The van der Waals surface area contributed by atoms with E-state index in [1.165, 1.54) is 22.0 Å². The minimum absolute atomic E-state index is 0.0832. The second-order valence-corrected chi connectivity index (χ2v) is 10.1. The Labute approximate surface area is 205 Å². The Morgan fingerprint density at radius 2 is 1.91 bits per heavy atom. The van der Waals surface area contributed by atoms with E-state index < -0.39 is 0 Å². The second kappa shape index (κ2) is 9.44. The first-order chi connectivity index (χ1) is 16.5. The number of hydrogen-bond donors (Lipinski definition) is 1. The molecule has 0 saturated carbocycles. The first-order valence-electron chi connectivity index (χ1n) is 10.8. The zero-order chi connectivity index (χ0) is 23.7. The van der Waals surface area contributed by atoms with E-state index in [9.17, 15) is 4.79 Å². The van der Waals surface area contributed by atoms with Crippen molar-refractivity contribution < 1.29 is 4.79 Å². The highest BCUT2D eigenvalue weighted by Crippen LogP contribution is 2.31. The van der Waals surface area contributed by atoms with Crippen molar-refractivity contribution in [3.63, 3.8) is 0 Å². The van der Waals surface area contributed by atoms with Gasteiger partial charge in [-0.05, 0) is 61.0 Å². The minimum atomic E-state index is -0.0832. The number of benzene rings is 2. The molecule has 9 heteroatoms. The summed E-state index contributed by atoms with van der Waals surface area (Å²) in [5.41, 5.74) is 5.20. The SMILES string of the molecule is Cc1ccc2nc(-c3ccc(NC(=O)CSc4nnc(Cc5cccn5C)n4C)cc3)sc2c1. The van der Waals surface area contributed by atoms with Gasteiger partial charge in [0, 0.05) is 43.7 Å². The van der Waals surface area contributed by atoms with Crippen LogP contribution >= 0.6 is 23.1 Å². The van der Waals surface area contributed by atoms with Gasteiger partial charge in [-0.15, -0.1) is 21.5 Å². The topological polar surface area (TPSA) is 77.6 Å². The summed E-state index contributed by atoms with van der Waals surface area (Å²) in [6.45, 7) is 2.09. The monoisotopic (exact) mass is 488 g/mol. The van der Waals surface area contributed by atoms with Gasteiger partial charge in [-0.25, -0.2) is 4.98 Å². The Morgan fingerprint density at radius 3 is 2.68 bits per heavy atom. The molecule has 0 aliphatic heterocycles. The van der Waals surface area contributed by atoms with E-state index in [0.29, 0.717) is 6.42 Å². The molecule has 0 bridgehead atoms. The normalized spacial score (nSPS) is 11.3. The van der Waals surface area contributed by atoms with Crippen LogP contribution in [0.25, 0.3) is 20.8 Å². The van der Waals surface area contributed by atoms with E-state index in [0.717, 1.165) is 38.4 Å². The van der Waals surface area contributed by atoms with Crippen LogP contribution in [-0.2, 0) is 25.3 Å². The standard InChI is InChI=1S/C25H24N6OS2/c1-16-6-11-20-21(13-16)34-24(27-20)17-7-9-18(10-8-17)26-23(32)15-33-25-29-28-22(31(25)3)14-19-5-4-12-30(19)2/h4-13H,14-15H2,1-3H3,(H,26,32). The van der Waals surface area contributed by atoms with E-state index in [-0.39, 0.29) is 11.7 Å². The van der Waals surface area contributed by atoms with Gasteiger partial charge in [0.05, 0.1) is 16.0 Å². The van der Waals surface area contributed by atoms with Crippen LogP contribution in [0, 0.1) is 6.92 Å². The molecular weight excluding hydrogens is 464 g/mol. The summed E-state index contributed by atoms with van der Waals surface area (Å²) in [5.74, 6) is 1.04. The zero-order valence-electron chi connectivity index (χ0n) is 19.1. The van der Waals surface area contributed by atoms with Crippen molar-refractivity contribution >= 4 is 44.9 Å². The lowest BCUT2D eigenvalue weighted by atomic mass is 10.2. The average molecular weight is 489 g/mol. The summed E-state index contributed by atoms with van der Waals surface area (Å²) in [6, 6.07) is 18.2. The maximum absolute atomic E-state index is 12.5. The number of amides is 1. The summed E-state index contributed by atoms with van der Waals surface area (Å²) >= 11 is 3.05. The zero-order valence-corrected chi connectivity index (χ0v) is 20.8. The number of fused-ring (bicyclic) bond motifs is 1. The molecule has 0 radical (unpaired) electrons. The van der Waals surface area contributed by atoms with Crippen LogP contribution in [0.15, 0.2) is 66.0 Å². The summed E-state index contributed by atoms with van der Waals surface area (Å²) < 4.78 is 5.19. The predicted molar refractivity (Wildman–Crippen MR) is 138 cm³/mol. The molecule has 5 rings (SSSR count). The largest absolute Gasteiger partial charge is 0.354 e. The number of thiazole rings is 1. The van der Waals surface area contributed by atoms with E-state index in [2.05, 4.69) is 51.3 Å². The first kappa shape index (κ1) is 22.4. The van der Waals surface area contributed by atoms with Crippen LogP contribution in [0.2, 0.25) is 0 Å². The van der Waals surface area contributed by atoms with Gasteiger partial charge in [-0.3, -0.25) is 4.79 Å². The molecule has 0 aliphatic carbocycles. The van der Waals surface area contributed by atoms with Gasteiger partial charge in [0.1, 0.15) is 10.8 Å². The summed E-state index contributed by atoms with van der Waals surface area (Å²) in [6.07, 6.45) is 2.71. The highest BCUT2D eigenvalue weighted by atomic mass is 32.2. The van der Waals surface area contributed by atoms with Gasteiger partial charge in [-0.2, -0.15) is 0 Å². The van der Waals surface area contributed by atoms with E-state index in [1.54, 1.807) is 11.3 Å². The van der Waals surface area contributed by atoms with E-state index in [1.807, 2.05) is 55.2 Å². The van der Waals surface area contributed by atoms with Gasteiger partial charge in [0.15, 0.2) is 5.16 Å². The fraction of sp³-hybridized carbons (Fsp3) is 0.200. The Bertz CT molecular complexity index is 1460. The highest BCUT2D eigenvalue weighted by Gasteiger charge is 2.13. The van der Waals surface area contributed by atoms with Crippen molar-refractivity contribution in [2.24, 2.45) is 14.1 Å². The number of hydrogen-bond acceptors (Lipinski definition) is 6. The number of aromatic nitrogens is 5. The molecular formula is C25H24N6OS2. The smallest absolute Gasteiger partial charge is 0.234 e. The predicted octanol–water partition coefficient (Wildman–Crippen LogP) is 5.06. The van der Waals surface area contributed by atoms with E-state index in [4.69, 9.17) is 4.98 Å². The second-order valence-electron chi connectivity index (χ2n) is 8.15. The lowest BCUT2D eigenvalue weighted by molar-refractivity contribution is -0.113. The van der Waals surface area contributed by atoms with E-state index >= 15 is 0 Å². The Kier molecular flexibility index (Phi) is 6.21. The molecule has 34 heavy (non-hydrogen) atoms. The fourth-order valence-corrected chi connectivity index (χ4v) is 5.44. The number of thioether (sulfide) groups is 1. The number of aryl methyl sites for hydroxylation is 2. The molecule has 0 aliphatic rings. The van der Waals surface area contributed by atoms with Crippen LogP contribution in [-0.4, -0.2) is 36.0 Å². The highest BCUT2D eigenvalue weighted by molar-refractivity contribution is 7.99. The van der Waals surface area contributed by atoms with Crippen LogP contribution in [0.3, 0.4) is 0 Å². The maximum atomic E-state index is 12.5. The Hall–Kier alpha value is -3.43. The lowest BCUT2D eigenvalue weighted by Gasteiger charge is -2.07. The maximum Gasteiger partial charge on any atom is 0.234 e. The number of nitrogens with zero attached hydrogens (tertiary/aromatic N) is 5. The Balaban J connectivity index is 1.18. The number of anilines is 1. The molecule has 0 spiro atoms. The molecule has 5 aromatic rings. The molecule has 0 atom stereocenters. The molecule has 2 aromatic carbocycles. The fourth-order valence-electron chi connectivity index (χ4n) is 3.65. The van der Waals surface area contributed by atoms with Crippen molar-refractivity contribution in [2.45, 2.75) is 18.5 Å². The van der Waals surface area contributed by atoms with Crippen LogP contribution in [0.5, 0.6) is 0 Å². The molecule has 1 N–H and O–H groups in total. The summed E-state index contributed by atoms with van der Waals surface area (Å²) in [7, 11) is 3.94. The number of rotatable bonds is 7. The van der Waals surface area contributed by atoms with Crippen molar-refractivity contribution in [2.75, 3.05) is 11.1 Å². The quantitative estimate of drug-likeness (QED) is 0.324. The lowest BCUT2D eigenvalue weighted by Crippen LogP contribution is -2.14. The third-order valence-electron chi connectivity index (χ3n) is 5.61. The van der Waals surface area contributed by atoms with Gasteiger partial charge < -0.3 is 14.5 Å². The van der Waals surface area contributed by atoms with Crippen molar-refractivity contribution in [3.05, 3.63) is 77.9 Å². The number of nitrogens with one attached hydrogen (secondary N) is 1. The van der Waals surface area contributed by atoms with Gasteiger partial charge in [0.25, 0.3) is 0 Å². The van der Waals surface area contributed by atoms with Crippen LogP contribution < -0.4 is 5.32 Å². The molecule has 0 fully saturated rings. The van der Waals surface area contributed by atoms with Crippen LogP contribution in [0.1, 0.15) is 17.1 Å². The summed E-state index contributed by atoms with van der Waals surface area (Å²) in [5, 5.41) is 13.2. The molecule has 172 valence electrons. The number of carbonyl (C=O) groups excluding carboxylic acids is 1. The molecule has 3 aromatic heterocycles. The molecule has 0 unspecified atom stereocenters. The minimum Gasteiger partial charge on any atom is -0.354 e. The first-order valence-corrected chi connectivity index (χ1v) is 12.7. The third kappa shape index (κ3) is 4.76. The van der Waals surface area contributed by atoms with Crippen molar-refractivity contribution in [1.82, 2.24) is 24.3 Å².